The highest BCUT2D eigenvalue weighted by Crippen LogP contribution is 2.44. The van der Waals surface area contributed by atoms with E-state index in [2.05, 4.69) is 0 Å². The van der Waals surface area contributed by atoms with Gasteiger partial charge < -0.3 is 23.7 Å². The molecule has 3 aromatic rings. The van der Waals surface area contributed by atoms with Gasteiger partial charge in [-0.25, -0.2) is 4.39 Å². The van der Waals surface area contributed by atoms with E-state index in [0.29, 0.717) is 36.2 Å². The van der Waals surface area contributed by atoms with E-state index in [1.54, 1.807) is 21.0 Å². The fraction of sp³-hybridized carbons (Fsp3) is 0.414. The largest absolute Gasteiger partial charge is 0.497 e. The van der Waals surface area contributed by atoms with Gasteiger partial charge in [0.05, 0.1) is 51.4 Å². The van der Waals surface area contributed by atoms with Gasteiger partial charge in [0.15, 0.2) is 0 Å². The highest BCUT2D eigenvalue weighted by atomic mass is 32.1. The van der Waals surface area contributed by atoms with Crippen molar-refractivity contribution in [2.75, 3.05) is 27.4 Å². The van der Waals surface area contributed by atoms with Crippen molar-refractivity contribution < 1.29 is 32.9 Å². The number of hydrogen-bond acceptors (Lipinski definition) is 7. The molecule has 0 bridgehead atoms. The minimum Gasteiger partial charge on any atom is -0.497 e. The van der Waals surface area contributed by atoms with Gasteiger partial charge >= 0.3 is 5.97 Å². The zero-order valence-electron chi connectivity index (χ0n) is 21.8. The lowest BCUT2D eigenvalue weighted by Gasteiger charge is -2.24. The Morgan fingerprint density at radius 3 is 2.43 bits per heavy atom. The number of aryl methyl sites for hydroxylation is 1. The average Bonchev–Trinajstić information content (AvgIpc) is 3.52. The lowest BCUT2D eigenvalue weighted by Crippen LogP contribution is -2.22. The van der Waals surface area contributed by atoms with Crippen LogP contribution >= 0.6 is 11.3 Å². The van der Waals surface area contributed by atoms with Crippen LogP contribution in [0, 0.1) is 18.7 Å². The predicted octanol–water partition coefficient (Wildman–Crippen LogP) is 6.08. The zero-order chi connectivity index (χ0) is 26.6. The van der Waals surface area contributed by atoms with Crippen molar-refractivity contribution in [3.05, 3.63) is 86.4 Å². The molecule has 2 unspecified atom stereocenters. The van der Waals surface area contributed by atoms with E-state index in [-0.39, 0.29) is 5.97 Å². The molecule has 0 aliphatic carbocycles. The number of hydrogen-bond donors (Lipinski definition) is 0. The maximum absolute atomic E-state index is 15.2. The van der Waals surface area contributed by atoms with Crippen LogP contribution in [0.4, 0.5) is 4.39 Å². The standard InChI is InChI=1S/C29H33FO6S/c1-18-6-9-21(14-22(18)17-34-16-20-7-10-23(32-4)11-8-20)26(19(2)28(31)33-5)25-15-24(30)27(37-25)29(3)35-12-13-36-29/h6-11,14-15,19,26H,12-13,16-17H2,1-5H3. The zero-order valence-corrected chi connectivity index (χ0v) is 22.7. The van der Waals surface area contributed by atoms with Crippen molar-refractivity contribution in [2.45, 2.75) is 45.7 Å². The highest BCUT2D eigenvalue weighted by Gasteiger charge is 2.39. The molecule has 4 rings (SSSR count). The molecule has 1 aliphatic rings. The van der Waals surface area contributed by atoms with Crippen LogP contribution in [0.1, 0.15) is 51.8 Å². The number of carbonyl (C=O) groups excluding carboxylic acids is 1. The number of methoxy groups -OCH3 is 2. The SMILES string of the molecule is COC(=O)C(C)C(c1ccc(C)c(COCc2ccc(OC)cc2)c1)c1cc(F)c(C2(C)OCCO2)s1. The molecule has 0 spiro atoms. The van der Waals surface area contributed by atoms with Crippen molar-refractivity contribution in [1.82, 2.24) is 0 Å². The second-order valence-electron chi connectivity index (χ2n) is 9.28. The topological polar surface area (TPSA) is 63.2 Å². The van der Waals surface area contributed by atoms with Crippen molar-refractivity contribution in [3.8, 4) is 5.75 Å². The third-order valence-electron chi connectivity index (χ3n) is 6.75. The third-order valence-corrected chi connectivity index (χ3v) is 8.13. The van der Waals surface area contributed by atoms with Gasteiger partial charge in [-0.15, -0.1) is 11.3 Å². The van der Waals surface area contributed by atoms with Crippen molar-refractivity contribution in [2.24, 2.45) is 5.92 Å². The van der Waals surface area contributed by atoms with Gasteiger partial charge in [-0.05, 0) is 54.3 Å². The number of esters is 1. The number of rotatable bonds is 10. The number of ether oxygens (including phenoxy) is 5. The van der Waals surface area contributed by atoms with Gasteiger partial charge in [-0.2, -0.15) is 0 Å². The van der Waals surface area contributed by atoms with Crippen LogP contribution in [0.3, 0.4) is 0 Å². The van der Waals surface area contributed by atoms with Crippen LogP contribution in [0.15, 0.2) is 48.5 Å². The van der Waals surface area contributed by atoms with Gasteiger partial charge in [-0.3, -0.25) is 4.79 Å². The summed E-state index contributed by atoms with van der Waals surface area (Å²) in [5.41, 5.74) is 4.00. The van der Waals surface area contributed by atoms with Crippen LogP contribution in [0.2, 0.25) is 0 Å². The van der Waals surface area contributed by atoms with E-state index in [4.69, 9.17) is 23.7 Å². The predicted molar refractivity (Wildman–Crippen MR) is 139 cm³/mol. The van der Waals surface area contributed by atoms with E-state index in [1.807, 2.05) is 49.4 Å². The first-order valence-electron chi connectivity index (χ1n) is 12.2. The quantitative estimate of drug-likeness (QED) is 0.297. The van der Waals surface area contributed by atoms with Crippen LogP contribution in [-0.2, 0) is 42.7 Å². The summed E-state index contributed by atoms with van der Waals surface area (Å²) in [6.07, 6.45) is 0. The molecule has 2 atom stereocenters. The summed E-state index contributed by atoms with van der Waals surface area (Å²) in [4.78, 5) is 13.7. The Bertz CT molecular complexity index is 1220. The molecule has 1 fully saturated rings. The lowest BCUT2D eigenvalue weighted by atomic mass is 9.84. The first-order chi connectivity index (χ1) is 17.8. The van der Waals surface area contributed by atoms with E-state index in [0.717, 1.165) is 28.0 Å². The lowest BCUT2D eigenvalue weighted by molar-refractivity contribution is -0.148. The molecule has 2 aromatic carbocycles. The first-order valence-corrected chi connectivity index (χ1v) is 13.0. The molecule has 0 amide bonds. The van der Waals surface area contributed by atoms with Gasteiger partial charge in [-0.1, -0.05) is 37.3 Å². The molecule has 0 N–H and O–H groups in total. The highest BCUT2D eigenvalue weighted by molar-refractivity contribution is 7.12. The third kappa shape index (κ3) is 6.04. The molecule has 37 heavy (non-hydrogen) atoms. The molecule has 0 saturated carbocycles. The molecule has 198 valence electrons. The van der Waals surface area contributed by atoms with Crippen LogP contribution in [0.5, 0.6) is 5.75 Å². The van der Waals surface area contributed by atoms with Gasteiger partial charge in [0.1, 0.15) is 11.6 Å². The molecular weight excluding hydrogens is 495 g/mol. The first kappa shape index (κ1) is 27.3. The Morgan fingerprint density at radius 1 is 1.08 bits per heavy atom. The number of carbonyl (C=O) groups is 1. The molecular formula is C29H33FO6S. The second kappa shape index (κ2) is 11.7. The Labute approximate surface area is 221 Å². The molecule has 0 radical (unpaired) electrons. The van der Waals surface area contributed by atoms with Crippen molar-refractivity contribution in [3.63, 3.8) is 0 Å². The normalized spacial score (nSPS) is 16.4. The molecule has 8 heteroatoms. The maximum atomic E-state index is 15.2. The maximum Gasteiger partial charge on any atom is 0.309 e. The van der Waals surface area contributed by atoms with Crippen molar-refractivity contribution >= 4 is 17.3 Å². The molecule has 1 aromatic heterocycles. The summed E-state index contributed by atoms with van der Waals surface area (Å²) in [6.45, 7) is 7.21. The summed E-state index contributed by atoms with van der Waals surface area (Å²) < 4.78 is 42.8. The van der Waals surface area contributed by atoms with Gasteiger partial charge in [0.2, 0.25) is 5.79 Å². The van der Waals surface area contributed by atoms with Gasteiger partial charge in [0, 0.05) is 10.8 Å². The smallest absolute Gasteiger partial charge is 0.309 e. The molecule has 6 nitrogen and oxygen atoms in total. The van der Waals surface area contributed by atoms with Crippen LogP contribution in [-0.4, -0.2) is 33.4 Å². The van der Waals surface area contributed by atoms with Gasteiger partial charge in [0.25, 0.3) is 0 Å². The van der Waals surface area contributed by atoms with E-state index >= 15 is 4.39 Å². The summed E-state index contributed by atoms with van der Waals surface area (Å²) >= 11 is 1.27. The number of thiophene rings is 1. The Hall–Kier alpha value is -2.78. The summed E-state index contributed by atoms with van der Waals surface area (Å²) in [7, 11) is 3.00. The summed E-state index contributed by atoms with van der Waals surface area (Å²) in [6, 6.07) is 15.3. The fourth-order valence-corrected chi connectivity index (χ4v) is 5.88. The number of benzene rings is 2. The second-order valence-corrected chi connectivity index (χ2v) is 10.4. The van der Waals surface area contributed by atoms with E-state index < -0.39 is 23.4 Å². The monoisotopic (exact) mass is 528 g/mol. The average molecular weight is 529 g/mol. The minimum atomic E-state index is -1.13. The molecule has 1 saturated heterocycles. The van der Waals surface area contributed by atoms with Crippen LogP contribution < -0.4 is 4.74 Å². The Kier molecular flexibility index (Phi) is 8.64. The minimum absolute atomic E-state index is 0.363. The van der Waals surface area contributed by atoms with Crippen LogP contribution in [0.25, 0.3) is 0 Å². The Balaban J connectivity index is 1.60. The summed E-state index contributed by atoms with van der Waals surface area (Å²) in [5.74, 6) is -2.04. The molecule has 2 heterocycles. The fourth-order valence-electron chi connectivity index (χ4n) is 4.56. The van der Waals surface area contributed by atoms with E-state index in [1.165, 1.54) is 24.5 Å². The molecule has 1 aliphatic heterocycles. The number of halogens is 1. The van der Waals surface area contributed by atoms with Crippen molar-refractivity contribution in [1.29, 1.82) is 0 Å². The Morgan fingerprint density at radius 2 is 1.78 bits per heavy atom. The van der Waals surface area contributed by atoms with E-state index in [9.17, 15) is 4.79 Å². The summed E-state index contributed by atoms with van der Waals surface area (Å²) in [5, 5.41) is 0.